The summed E-state index contributed by atoms with van der Waals surface area (Å²) in [6.45, 7) is 5.01. The van der Waals surface area contributed by atoms with E-state index in [1.807, 2.05) is 6.07 Å². The third kappa shape index (κ3) is 6.37. The molecule has 1 aliphatic heterocycles. The van der Waals surface area contributed by atoms with E-state index in [2.05, 4.69) is 183 Å². The van der Waals surface area contributed by atoms with Crippen molar-refractivity contribution in [1.82, 2.24) is 5.32 Å². The number of nitrogens with zero attached hydrogens (tertiary/aromatic N) is 2. The van der Waals surface area contributed by atoms with Crippen LogP contribution in [0.4, 0.5) is 0 Å². The molecule has 0 aromatic heterocycles. The highest BCUT2D eigenvalue weighted by molar-refractivity contribution is 6.16. The Labute approximate surface area is 373 Å². The van der Waals surface area contributed by atoms with Crippen LogP contribution in [0.2, 0.25) is 0 Å². The fourth-order valence-corrected chi connectivity index (χ4v) is 12.8. The standard InChI is InChI=1S/C60H55N3/c1-59(2)51-21-11-10-19-48(51)49-37-54-50(38-53(49)59)55-47(20-14-22-52(55)60(54)35-12-5-13-36-60)43-29-23-41(24-30-43)42-27-33-46(34-28-42)58-62-56(44-17-8-4-9-18-44)61-57(63-58)45-31-25-40(26-32-45)39-15-6-3-7-16-39/h3-4,6-9,14-34,37,50,52,55-56H,5,10-13,35-36,38H2,1-2H3,(H,61,62,63). The van der Waals surface area contributed by atoms with Crippen molar-refractivity contribution in [2.45, 2.75) is 71.4 Å². The van der Waals surface area contributed by atoms with Crippen molar-refractivity contribution in [3.63, 3.8) is 0 Å². The van der Waals surface area contributed by atoms with Crippen LogP contribution in [0.1, 0.15) is 93.6 Å². The Morgan fingerprint density at radius 2 is 1.14 bits per heavy atom. The zero-order valence-electron chi connectivity index (χ0n) is 36.5. The molecule has 6 aliphatic carbocycles. The molecular formula is C60H55N3. The molecule has 1 N–H and O–H groups in total. The number of fused-ring (bicyclic) bond motifs is 7. The molecule has 4 atom stereocenters. The van der Waals surface area contributed by atoms with Crippen molar-refractivity contribution in [3.05, 3.63) is 220 Å². The van der Waals surface area contributed by atoms with Crippen LogP contribution in [0.25, 0.3) is 27.8 Å². The summed E-state index contributed by atoms with van der Waals surface area (Å²) in [5, 5.41) is 3.61. The first-order chi connectivity index (χ1) is 30.9. The van der Waals surface area contributed by atoms with Gasteiger partial charge in [0.2, 0.25) is 0 Å². The lowest BCUT2D eigenvalue weighted by atomic mass is 9.62. The summed E-state index contributed by atoms with van der Waals surface area (Å²) in [4.78, 5) is 10.3. The number of hydrogen-bond donors (Lipinski definition) is 1. The number of allylic oxidation sites excluding steroid dienone is 12. The van der Waals surface area contributed by atoms with Gasteiger partial charge in [-0.2, -0.15) is 0 Å². The van der Waals surface area contributed by atoms with Gasteiger partial charge in [-0.3, -0.25) is 0 Å². The summed E-state index contributed by atoms with van der Waals surface area (Å²) in [5.74, 6) is 3.30. The Kier molecular flexibility index (Phi) is 9.25. The van der Waals surface area contributed by atoms with Gasteiger partial charge in [-0.05, 0) is 111 Å². The van der Waals surface area contributed by atoms with E-state index < -0.39 is 0 Å². The van der Waals surface area contributed by atoms with E-state index in [-0.39, 0.29) is 17.0 Å². The first-order valence-electron chi connectivity index (χ1n) is 23.5. The lowest BCUT2D eigenvalue weighted by molar-refractivity contribution is 0.186. The molecule has 7 aliphatic rings. The van der Waals surface area contributed by atoms with E-state index in [0.29, 0.717) is 17.8 Å². The lowest BCUT2D eigenvalue weighted by Crippen LogP contribution is -2.36. The average molecular weight is 818 g/mol. The first-order valence-corrected chi connectivity index (χ1v) is 23.5. The largest absolute Gasteiger partial charge is 0.324 e. The van der Waals surface area contributed by atoms with Gasteiger partial charge in [0.25, 0.3) is 0 Å². The lowest BCUT2D eigenvalue weighted by Gasteiger charge is -2.42. The van der Waals surface area contributed by atoms with Gasteiger partial charge >= 0.3 is 0 Å². The fraction of sp³-hybridized carbons (Fsp3) is 0.267. The molecule has 2 saturated carbocycles. The summed E-state index contributed by atoms with van der Waals surface area (Å²) < 4.78 is 0. The maximum absolute atomic E-state index is 5.15. The average Bonchev–Trinajstić information content (AvgIpc) is 3.74. The highest BCUT2D eigenvalue weighted by Crippen LogP contribution is 2.69. The molecule has 0 radical (unpaired) electrons. The van der Waals surface area contributed by atoms with Crippen LogP contribution >= 0.6 is 0 Å². The molecule has 4 unspecified atom stereocenters. The van der Waals surface area contributed by atoms with Crippen LogP contribution in [0.3, 0.4) is 0 Å². The van der Waals surface area contributed by atoms with Gasteiger partial charge < -0.3 is 5.32 Å². The SMILES string of the molecule is CC1(C)C2=CCCC=C2C2=C1CC1C(=C2)C2(CCCCC2)C2C=CC=C(c3ccc(-c4ccc(C5=NC(c6ccccc6)N=C(c6ccc(-c7ccccc7)cc6)N5)cc4)cc3)C12. The highest BCUT2D eigenvalue weighted by Gasteiger charge is 2.59. The van der Waals surface area contributed by atoms with E-state index in [9.17, 15) is 0 Å². The zero-order chi connectivity index (χ0) is 42.1. The molecule has 310 valence electrons. The molecule has 63 heavy (non-hydrogen) atoms. The number of hydrogen-bond acceptors (Lipinski definition) is 3. The molecule has 5 aromatic carbocycles. The van der Waals surface area contributed by atoms with Crippen molar-refractivity contribution in [2.75, 3.05) is 0 Å². The fourth-order valence-electron chi connectivity index (χ4n) is 12.8. The summed E-state index contributed by atoms with van der Waals surface area (Å²) >= 11 is 0. The van der Waals surface area contributed by atoms with Crippen molar-refractivity contribution in [1.29, 1.82) is 0 Å². The molecule has 3 heteroatoms. The maximum Gasteiger partial charge on any atom is 0.169 e. The molecule has 1 heterocycles. The maximum atomic E-state index is 5.15. The van der Waals surface area contributed by atoms with E-state index >= 15 is 0 Å². The summed E-state index contributed by atoms with van der Waals surface area (Å²) in [6.07, 6.45) is 25.4. The molecule has 0 amide bonds. The van der Waals surface area contributed by atoms with Crippen LogP contribution in [0.5, 0.6) is 0 Å². The Morgan fingerprint density at radius 1 is 0.587 bits per heavy atom. The van der Waals surface area contributed by atoms with Gasteiger partial charge in [0.1, 0.15) is 11.7 Å². The number of benzene rings is 5. The van der Waals surface area contributed by atoms with E-state index in [4.69, 9.17) is 9.98 Å². The first kappa shape index (κ1) is 38.4. The Hall–Kier alpha value is -6.32. The van der Waals surface area contributed by atoms with Crippen LogP contribution < -0.4 is 5.32 Å². The molecule has 5 aromatic rings. The number of amidine groups is 2. The third-order valence-corrected chi connectivity index (χ3v) is 15.9. The molecular weight excluding hydrogens is 763 g/mol. The normalized spacial score (nSPS) is 25.0. The number of rotatable bonds is 6. The number of nitrogens with one attached hydrogen (secondary N) is 1. The van der Waals surface area contributed by atoms with E-state index in [1.54, 1.807) is 33.4 Å². The minimum atomic E-state index is -0.336. The van der Waals surface area contributed by atoms with E-state index in [0.717, 1.165) is 28.4 Å². The minimum Gasteiger partial charge on any atom is -0.324 e. The monoisotopic (exact) mass is 817 g/mol. The topological polar surface area (TPSA) is 36.8 Å². The Morgan fingerprint density at radius 3 is 1.78 bits per heavy atom. The summed E-state index contributed by atoms with van der Waals surface area (Å²) in [7, 11) is 0. The Balaban J connectivity index is 0.820. The highest BCUT2D eigenvalue weighted by atomic mass is 15.2. The summed E-state index contributed by atoms with van der Waals surface area (Å²) in [6, 6.07) is 47.9. The van der Waals surface area contributed by atoms with Crippen molar-refractivity contribution in [3.8, 4) is 22.3 Å². The van der Waals surface area contributed by atoms with Crippen LogP contribution in [-0.2, 0) is 0 Å². The van der Waals surface area contributed by atoms with Gasteiger partial charge in [0.15, 0.2) is 6.17 Å². The van der Waals surface area contributed by atoms with Gasteiger partial charge in [-0.15, -0.1) is 0 Å². The molecule has 1 spiro atoms. The van der Waals surface area contributed by atoms with Gasteiger partial charge in [-0.25, -0.2) is 9.98 Å². The van der Waals surface area contributed by atoms with Gasteiger partial charge in [-0.1, -0.05) is 214 Å². The smallest absolute Gasteiger partial charge is 0.169 e. The zero-order valence-corrected chi connectivity index (χ0v) is 36.5. The predicted molar refractivity (Wildman–Crippen MR) is 261 cm³/mol. The minimum absolute atomic E-state index is 0.112. The molecule has 0 saturated heterocycles. The molecule has 2 fully saturated rings. The van der Waals surface area contributed by atoms with Crippen molar-refractivity contribution >= 4 is 17.2 Å². The van der Waals surface area contributed by atoms with Crippen LogP contribution in [0, 0.1) is 28.6 Å². The third-order valence-electron chi connectivity index (χ3n) is 15.9. The quantitative estimate of drug-likeness (QED) is 0.182. The summed E-state index contributed by atoms with van der Waals surface area (Å²) in [5.41, 5.74) is 19.5. The molecule has 0 bridgehead atoms. The second-order valence-electron chi connectivity index (χ2n) is 19.5. The molecule has 12 rings (SSSR count). The predicted octanol–water partition coefficient (Wildman–Crippen LogP) is 14.6. The van der Waals surface area contributed by atoms with Crippen molar-refractivity contribution < 1.29 is 0 Å². The van der Waals surface area contributed by atoms with Gasteiger partial charge in [0, 0.05) is 16.5 Å². The second-order valence-corrected chi connectivity index (χ2v) is 19.5. The van der Waals surface area contributed by atoms with Crippen LogP contribution in [-0.4, -0.2) is 11.7 Å². The van der Waals surface area contributed by atoms with Gasteiger partial charge in [0.05, 0.1) is 0 Å². The number of aliphatic imine (C=N–C) groups is 2. The second kappa shape index (κ2) is 15.2. The van der Waals surface area contributed by atoms with E-state index in [1.165, 1.54) is 79.2 Å². The Bertz CT molecular complexity index is 2850. The molecule has 3 nitrogen and oxygen atoms in total. The van der Waals surface area contributed by atoms with Crippen molar-refractivity contribution in [2.24, 2.45) is 38.6 Å². The van der Waals surface area contributed by atoms with Crippen LogP contribution in [0.15, 0.2) is 208 Å².